The molecule has 3 nitrogen and oxygen atoms in total. The van der Waals surface area contributed by atoms with Crippen LogP contribution in [0.15, 0.2) is 29.2 Å². The Hall–Kier alpha value is -0.550. The molecule has 3 rings (SSSR count). The van der Waals surface area contributed by atoms with Gasteiger partial charge in [0.15, 0.2) is 0 Å². The zero-order valence-corrected chi connectivity index (χ0v) is 12.1. The molecule has 1 N–H and O–H groups in total. The van der Waals surface area contributed by atoms with Crippen molar-refractivity contribution in [2.45, 2.75) is 16.6 Å². The molecule has 0 aromatic heterocycles. The van der Waals surface area contributed by atoms with Gasteiger partial charge < -0.3 is 5.11 Å². The largest absolute Gasteiger partial charge is 0.395 e. The van der Waals surface area contributed by atoms with E-state index in [1.807, 2.05) is 11.8 Å². The summed E-state index contributed by atoms with van der Waals surface area (Å²) in [4.78, 5) is 6.41. The van der Waals surface area contributed by atoms with Crippen LogP contribution in [0, 0.1) is 0 Å². The quantitative estimate of drug-likeness (QED) is 0.898. The lowest BCUT2D eigenvalue weighted by atomic mass is 10.1. The van der Waals surface area contributed by atoms with Crippen LogP contribution in [0.3, 0.4) is 0 Å². The zero-order valence-electron chi connectivity index (χ0n) is 11.3. The molecule has 1 saturated heterocycles. The van der Waals surface area contributed by atoms with Gasteiger partial charge in [0.2, 0.25) is 0 Å². The first kappa shape index (κ1) is 13.4. The molecule has 0 aliphatic carbocycles. The summed E-state index contributed by atoms with van der Waals surface area (Å²) in [6.07, 6.45) is 1.22. The second kappa shape index (κ2) is 6.27. The number of nitrogens with zero attached hydrogens (tertiary/aromatic N) is 2. The minimum Gasteiger partial charge on any atom is -0.395 e. The summed E-state index contributed by atoms with van der Waals surface area (Å²) < 4.78 is 0. The topological polar surface area (TPSA) is 26.7 Å². The van der Waals surface area contributed by atoms with E-state index < -0.39 is 0 Å². The van der Waals surface area contributed by atoms with Gasteiger partial charge in [-0.15, -0.1) is 11.8 Å². The molecular weight excluding hydrogens is 256 g/mol. The highest BCUT2D eigenvalue weighted by Gasteiger charge is 2.25. The van der Waals surface area contributed by atoms with Crippen molar-refractivity contribution in [3.63, 3.8) is 0 Å². The summed E-state index contributed by atoms with van der Waals surface area (Å²) in [5.74, 6) is 0. The molecule has 0 saturated carbocycles. The van der Waals surface area contributed by atoms with Crippen molar-refractivity contribution in [1.29, 1.82) is 0 Å². The maximum Gasteiger partial charge on any atom is 0.0558 e. The number of piperazine rings is 1. The number of hydrogen-bond donors (Lipinski definition) is 1. The third-order valence-corrected chi connectivity index (χ3v) is 5.36. The van der Waals surface area contributed by atoms with Crippen molar-refractivity contribution in [2.24, 2.45) is 0 Å². The molecule has 0 radical (unpaired) electrons. The third-order valence-electron chi connectivity index (χ3n) is 4.06. The molecule has 2 aliphatic heterocycles. The summed E-state index contributed by atoms with van der Waals surface area (Å²) in [5.41, 5.74) is 1.52. The molecule has 0 bridgehead atoms. The summed E-state index contributed by atoms with van der Waals surface area (Å²) in [7, 11) is 0. The summed E-state index contributed by atoms with van der Waals surface area (Å²) in [6, 6.07) is 8.80. The van der Waals surface area contributed by atoms with Gasteiger partial charge >= 0.3 is 0 Å². The number of aliphatic hydroxyl groups excluding tert-OH is 1. The minimum atomic E-state index is 0.286. The van der Waals surface area contributed by atoms with Crippen LogP contribution >= 0.6 is 11.8 Å². The van der Waals surface area contributed by atoms with E-state index in [2.05, 4.69) is 34.1 Å². The molecule has 1 atom stereocenters. The van der Waals surface area contributed by atoms with Gasteiger partial charge in [-0.25, -0.2) is 0 Å². The lowest BCUT2D eigenvalue weighted by Crippen LogP contribution is -2.48. The molecular formula is C15H22N2OS. The molecule has 19 heavy (non-hydrogen) atoms. The van der Waals surface area contributed by atoms with Crippen LogP contribution in [-0.4, -0.2) is 66.0 Å². The Labute approximate surface area is 119 Å². The van der Waals surface area contributed by atoms with Crippen LogP contribution in [0.1, 0.15) is 5.56 Å². The van der Waals surface area contributed by atoms with E-state index in [9.17, 15) is 0 Å². The predicted molar refractivity (Wildman–Crippen MR) is 79.8 cm³/mol. The van der Waals surface area contributed by atoms with Gasteiger partial charge in [-0.2, -0.15) is 0 Å². The Morgan fingerprint density at radius 1 is 1.11 bits per heavy atom. The van der Waals surface area contributed by atoms with E-state index in [1.54, 1.807) is 0 Å². The maximum absolute atomic E-state index is 8.96. The summed E-state index contributed by atoms with van der Waals surface area (Å²) in [5, 5.41) is 9.68. The number of fused-ring (bicyclic) bond motifs is 1. The second-order valence-corrected chi connectivity index (χ2v) is 6.76. The number of rotatable bonds is 4. The monoisotopic (exact) mass is 278 g/mol. The molecule has 0 amide bonds. The van der Waals surface area contributed by atoms with Crippen molar-refractivity contribution in [3.05, 3.63) is 29.8 Å². The van der Waals surface area contributed by atoms with E-state index in [0.29, 0.717) is 0 Å². The number of thioether (sulfide) groups is 1. The fourth-order valence-electron chi connectivity index (χ4n) is 2.98. The van der Waals surface area contributed by atoms with Crippen molar-refractivity contribution in [3.8, 4) is 0 Å². The Morgan fingerprint density at radius 3 is 2.58 bits per heavy atom. The van der Waals surface area contributed by atoms with E-state index in [0.717, 1.165) is 38.0 Å². The SMILES string of the molecule is OCCN1CCN(CC2Cc3ccccc3S2)CC1. The van der Waals surface area contributed by atoms with Crippen LogP contribution < -0.4 is 0 Å². The van der Waals surface area contributed by atoms with Crippen molar-refractivity contribution in [1.82, 2.24) is 9.80 Å². The lowest BCUT2D eigenvalue weighted by Gasteiger charge is -2.35. The summed E-state index contributed by atoms with van der Waals surface area (Å²) >= 11 is 2.05. The third kappa shape index (κ3) is 3.31. The number of aliphatic hydroxyl groups is 1. The maximum atomic E-state index is 8.96. The van der Waals surface area contributed by atoms with Crippen LogP contribution in [0.5, 0.6) is 0 Å². The highest BCUT2D eigenvalue weighted by atomic mass is 32.2. The minimum absolute atomic E-state index is 0.286. The molecule has 1 fully saturated rings. The Bertz CT molecular complexity index is 393. The van der Waals surface area contributed by atoms with Crippen LogP contribution in [0.25, 0.3) is 0 Å². The predicted octanol–water partition coefficient (Wildman–Crippen LogP) is 1.31. The molecule has 4 heteroatoms. The zero-order chi connectivity index (χ0) is 13.1. The van der Waals surface area contributed by atoms with Crippen LogP contribution in [0.2, 0.25) is 0 Å². The molecule has 2 aliphatic rings. The molecule has 2 heterocycles. The number of β-amino-alcohol motifs (C(OH)–C–C–N with tert-alkyl or cyclic N) is 1. The van der Waals surface area contributed by atoms with Gasteiger partial charge in [0, 0.05) is 49.4 Å². The highest BCUT2D eigenvalue weighted by molar-refractivity contribution is 8.00. The van der Waals surface area contributed by atoms with Crippen molar-refractivity contribution >= 4 is 11.8 Å². The molecule has 1 unspecified atom stereocenters. The van der Waals surface area contributed by atoms with E-state index in [4.69, 9.17) is 5.11 Å². The average molecular weight is 278 g/mol. The van der Waals surface area contributed by atoms with Gasteiger partial charge in [0.25, 0.3) is 0 Å². The summed E-state index contributed by atoms with van der Waals surface area (Å²) in [6.45, 7) is 6.81. The van der Waals surface area contributed by atoms with Gasteiger partial charge in [0.1, 0.15) is 0 Å². The standard InChI is InChI=1S/C15H22N2OS/c18-10-9-16-5-7-17(8-6-16)12-14-11-13-3-1-2-4-15(13)19-14/h1-4,14,18H,5-12H2. The molecule has 104 valence electrons. The smallest absolute Gasteiger partial charge is 0.0558 e. The molecule has 0 spiro atoms. The highest BCUT2D eigenvalue weighted by Crippen LogP contribution is 2.37. The Morgan fingerprint density at radius 2 is 1.84 bits per heavy atom. The van der Waals surface area contributed by atoms with Gasteiger partial charge in [-0.1, -0.05) is 18.2 Å². The second-order valence-electron chi connectivity index (χ2n) is 5.42. The van der Waals surface area contributed by atoms with Crippen molar-refractivity contribution in [2.75, 3.05) is 45.9 Å². The van der Waals surface area contributed by atoms with Gasteiger partial charge in [-0.3, -0.25) is 9.80 Å². The van der Waals surface area contributed by atoms with Gasteiger partial charge in [-0.05, 0) is 18.1 Å². The average Bonchev–Trinajstić information content (AvgIpc) is 2.83. The lowest BCUT2D eigenvalue weighted by molar-refractivity contribution is 0.113. The number of hydrogen-bond acceptors (Lipinski definition) is 4. The Balaban J connectivity index is 1.47. The van der Waals surface area contributed by atoms with Gasteiger partial charge in [0.05, 0.1) is 6.61 Å². The van der Waals surface area contributed by atoms with Crippen LogP contribution in [-0.2, 0) is 6.42 Å². The van der Waals surface area contributed by atoms with Crippen LogP contribution in [0.4, 0.5) is 0 Å². The van der Waals surface area contributed by atoms with Crippen molar-refractivity contribution < 1.29 is 5.11 Å². The first-order chi connectivity index (χ1) is 9.35. The fraction of sp³-hybridized carbons (Fsp3) is 0.600. The molecule has 1 aromatic rings. The molecule has 1 aromatic carbocycles. The van der Waals surface area contributed by atoms with E-state index in [-0.39, 0.29) is 6.61 Å². The fourth-order valence-corrected chi connectivity index (χ4v) is 4.35. The first-order valence-corrected chi connectivity index (χ1v) is 8.03. The normalized spacial score (nSPS) is 24.6. The first-order valence-electron chi connectivity index (χ1n) is 7.15. The van der Waals surface area contributed by atoms with E-state index in [1.165, 1.54) is 23.4 Å². The van der Waals surface area contributed by atoms with E-state index >= 15 is 0 Å². The number of benzene rings is 1. The Kier molecular flexibility index (Phi) is 4.43.